The highest BCUT2D eigenvalue weighted by Gasteiger charge is 2.42. The van der Waals surface area contributed by atoms with Crippen LogP contribution in [-0.2, 0) is 14.3 Å². The van der Waals surface area contributed by atoms with E-state index in [1.807, 2.05) is 66.6 Å². The molecule has 34 heavy (non-hydrogen) atoms. The predicted octanol–water partition coefficient (Wildman–Crippen LogP) is 5.09. The first kappa shape index (κ1) is 23.6. The summed E-state index contributed by atoms with van der Waals surface area (Å²) in [5.41, 5.74) is 5.56. The number of carbonyl (C=O) groups is 2. The fraction of sp³-hybridized carbons (Fsp3) is 0.269. The second-order valence-corrected chi connectivity index (χ2v) is 8.99. The van der Waals surface area contributed by atoms with Crippen LogP contribution < -0.4 is 10.1 Å². The number of fused-ring (bicyclic) bond motifs is 1. The molecule has 8 heteroatoms. The van der Waals surface area contributed by atoms with Gasteiger partial charge in [0.15, 0.2) is 5.17 Å². The van der Waals surface area contributed by atoms with E-state index >= 15 is 0 Å². The molecule has 2 heterocycles. The number of methoxy groups -OCH3 is 2. The van der Waals surface area contributed by atoms with E-state index < -0.39 is 12.0 Å². The van der Waals surface area contributed by atoms with Crippen LogP contribution in [0.15, 0.2) is 69.8 Å². The monoisotopic (exact) mass is 477 g/mol. The summed E-state index contributed by atoms with van der Waals surface area (Å²) in [5, 5.41) is 5.59. The van der Waals surface area contributed by atoms with Crippen molar-refractivity contribution in [1.82, 2.24) is 4.90 Å². The minimum atomic E-state index is -0.535. The summed E-state index contributed by atoms with van der Waals surface area (Å²) in [4.78, 5) is 32.4. The van der Waals surface area contributed by atoms with Gasteiger partial charge in [0, 0.05) is 16.9 Å². The predicted molar refractivity (Wildman–Crippen MR) is 135 cm³/mol. The van der Waals surface area contributed by atoms with Crippen LogP contribution in [0.2, 0.25) is 0 Å². The van der Waals surface area contributed by atoms with E-state index in [0.717, 1.165) is 22.5 Å². The maximum absolute atomic E-state index is 13.0. The molecule has 1 amide bonds. The molecule has 0 fully saturated rings. The summed E-state index contributed by atoms with van der Waals surface area (Å²) in [6.07, 6.45) is 0.123. The highest BCUT2D eigenvalue weighted by atomic mass is 32.2. The first-order valence-corrected chi connectivity index (χ1v) is 11.7. The van der Waals surface area contributed by atoms with E-state index in [9.17, 15) is 9.59 Å². The quantitative estimate of drug-likeness (QED) is 0.584. The number of aliphatic imine (C=N–C) groups is 1. The molecule has 0 saturated heterocycles. The highest BCUT2D eigenvalue weighted by Crippen LogP contribution is 2.46. The maximum atomic E-state index is 13.0. The lowest BCUT2D eigenvalue weighted by atomic mass is 9.93. The third kappa shape index (κ3) is 4.46. The van der Waals surface area contributed by atoms with Crippen LogP contribution in [0, 0.1) is 13.8 Å². The Labute approximate surface area is 203 Å². The largest absolute Gasteiger partial charge is 0.496 e. The normalized spacial score (nSPS) is 17.1. The zero-order valence-corrected chi connectivity index (χ0v) is 20.7. The number of amides is 1. The van der Waals surface area contributed by atoms with Gasteiger partial charge in [-0.05, 0) is 55.5 Å². The average molecular weight is 478 g/mol. The van der Waals surface area contributed by atoms with Crippen molar-refractivity contribution >= 4 is 34.5 Å². The lowest BCUT2D eigenvalue weighted by molar-refractivity contribution is -0.136. The van der Waals surface area contributed by atoms with Crippen molar-refractivity contribution in [2.45, 2.75) is 33.2 Å². The highest BCUT2D eigenvalue weighted by molar-refractivity contribution is 8.16. The molecule has 0 aromatic heterocycles. The minimum absolute atomic E-state index is 0.123. The number of para-hydroxylation sites is 1. The lowest BCUT2D eigenvalue weighted by Crippen LogP contribution is -2.37. The number of benzene rings is 2. The van der Waals surface area contributed by atoms with Crippen LogP contribution in [0.4, 0.5) is 5.69 Å². The Morgan fingerprint density at radius 3 is 2.56 bits per heavy atom. The Morgan fingerprint density at radius 1 is 1.09 bits per heavy atom. The van der Waals surface area contributed by atoms with Crippen LogP contribution in [-0.4, -0.2) is 36.2 Å². The number of hydrogen-bond donors (Lipinski definition) is 1. The van der Waals surface area contributed by atoms with Crippen molar-refractivity contribution < 1.29 is 19.1 Å². The van der Waals surface area contributed by atoms with E-state index in [1.54, 1.807) is 14.0 Å². The van der Waals surface area contributed by atoms with Gasteiger partial charge < -0.3 is 19.7 Å². The van der Waals surface area contributed by atoms with Crippen molar-refractivity contribution in [3.8, 4) is 5.75 Å². The van der Waals surface area contributed by atoms with E-state index in [-0.39, 0.29) is 12.3 Å². The van der Waals surface area contributed by atoms with Crippen LogP contribution in [0.3, 0.4) is 0 Å². The van der Waals surface area contributed by atoms with Crippen molar-refractivity contribution in [3.63, 3.8) is 0 Å². The second-order valence-electron chi connectivity index (χ2n) is 8.15. The molecule has 0 radical (unpaired) electrons. The van der Waals surface area contributed by atoms with Gasteiger partial charge in [0.05, 0.1) is 38.0 Å². The third-order valence-electron chi connectivity index (χ3n) is 5.97. The number of thioether (sulfide) groups is 1. The van der Waals surface area contributed by atoms with Gasteiger partial charge in [0.1, 0.15) is 5.75 Å². The van der Waals surface area contributed by atoms with Gasteiger partial charge in [0.2, 0.25) is 5.91 Å². The summed E-state index contributed by atoms with van der Waals surface area (Å²) < 4.78 is 10.7. The number of aryl methyl sites for hydroxylation is 2. The van der Waals surface area contributed by atoms with Gasteiger partial charge in [-0.2, -0.15) is 0 Å². The number of nitrogens with zero attached hydrogens (tertiary/aromatic N) is 2. The molecule has 4 rings (SSSR count). The molecule has 0 aliphatic carbocycles. The second kappa shape index (κ2) is 9.77. The Kier molecular flexibility index (Phi) is 6.79. The Bertz CT molecular complexity index is 1250. The van der Waals surface area contributed by atoms with Gasteiger partial charge in [0.25, 0.3) is 0 Å². The molecule has 2 aromatic carbocycles. The van der Waals surface area contributed by atoms with Gasteiger partial charge >= 0.3 is 5.97 Å². The summed E-state index contributed by atoms with van der Waals surface area (Å²) >= 11 is 1.43. The average Bonchev–Trinajstić information content (AvgIpc) is 3.21. The number of hydrogen-bond acceptors (Lipinski definition) is 7. The van der Waals surface area contributed by atoms with Crippen LogP contribution in [0.25, 0.3) is 0 Å². The smallest absolute Gasteiger partial charge is 0.338 e. The topological polar surface area (TPSA) is 80.2 Å². The van der Waals surface area contributed by atoms with Crippen LogP contribution in [0.5, 0.6) is 5.75 Å². The number of allylic oxidation sites excluding steroid dienone is 1. The Morgan fingerprint density at radius 2 is 1.85 bits per heavy atom. The number of ether oxygens (including phenoxy) is 2. The Hall–Kier alpha value is -3.52. The fourth-order valence-corrected chi connectivity index (χ4v) is 5.08. The summed E-state index contributed by atoms with van der Waals surface area (Å²) in [5.74, 6) is 0.0202. The minimum Gasteiger partial charge on any atom is -0.496 e. The summed E-state index contributed by atoms with van der Waals surface area (Å²) in [6.45, 7) is 5.84. The molecule has 0 bridgehead atoms. The first-order valence-electron chi connectivity index (χ1n) is 10.9. The number of nitrogens with one attached hydrogen (secondary N) is 1. The van der Waals surface area contributed by atoms with Crippen LogP contribution >= 0.6 is 11.8 Å². The van der Waals surface area contributed by atoms with Crippen molar-refractivity contribution in [1.29, 1.82) is 0 Å². The summed E-state index contributed by atoms with van der Waals surface area (Å²) in [6, 6.07) is 12.8. The van der Waals surface area contributed by atoms with Crippen molar-refractivity contribution in [2.24, 2.45) is 4.99 Å². The molecular formula is C26H27N3O4S. The molecular weight excluding hydrogens is 450 g/mol. The molecule has 0 saturated carbocycles. The van der Waals surface area contributed by atoms with Gasteiger partial charge in [-0.25, -0.2) is 9.79 Å². The zero-order chi connectivity index (χ0) is 24.4. The number of amidine groups is 1. The zero-order valence-electron chi connectivity index (χ0n) is 19.8. The molecule has 1 N–H and O–H groups in total. The van der Waals surface area contributed by atoms with E-state index in [0.29, 0.717) is 22.2 Å². The van der Waals surface area contributed by atoms with Crippen molar-refractivity contribution in [2.75, 3.05) is 19.5 Å². The molecule has 2 aliphatic rings. The van der Waals surface area contributed by atoms with Gasteiger partial charge in [-0.3, -0.25) is 4.79 Å². The van der Waals surface area contributed by atoms with E-state index in [4.69, 9.17) is 9.47 Å². The van der Waals surface area contributed by atoms with Crippen LogP contribution in [0.1, 0.15) is 36.1 Å². The number of esters is 1. The first-order chi connectivity index (χ1) is 16.3. The molecule has 176 valence electrons. The van der Waals surface area contributed by atoms with Crippen molar-refractivity contribution in [3.05, 3.63) is 81.5 Å². The SMILES string of the molecule is COC(=O)C1=C(C)N=C2SC=C(CC(=O)Nc3ccc(C)c(C)c3)N2C1c1ccccc1OC. The summed E-state index contributed by atoms with van der Waals surface area (Å²) in [7, 11) is 2.95. The number of rotatable bonds is 6. The number of carbonyl (C=O) groups excluding carboxylic acids is 2. The van der Waals surface area contributed by atoms with E-state index in [2.05, 4.69) is 10.3 Å². The molecule has 1 unspecified atom stereocenters. The lowest BCUT2D eigenvalue weighted by Gasteiger charge is -2.36. The molecule has 2 aromatic rings. The van der Waals surface area contributed by atoms with E-state index in [1.165, 1.54) is 24.4 Å². The molecule has 0 spiro atoms. The van der Waals surface area contributed by atoms with Gasteiger partial charge in [-0.1, -0.05) is 36.0 Å². The third-order valence-corrected chi connectivity index (χ3v) is 6.86. The molecule has 2 aliphatic heterocycles. The standard InChI is InChI=1S/C26H27N3O4S/c1-15-10-11-18(12-16(15)2)28-22(30)13-19-14-34-26-27-17(3)23(25(31)33-5)24(29(19)26)20-8-6-7-9-21(20)32-4/h6-12,14,24H,13H2,1-5H3,(H,28,30). The maximum Gasteiger partial charge on any atom is 0.338 e. The Balaban J connectivity index is 1.68. The molecule has 7 nitrogen and oxygen atoms in total. The fourth-order valence-electron chi connectivity index (χ4n) is 4.12. The number of anilines is 1. The molecule has 1 atom stereocenters. The van der Waals surface area contributed by atoms with Gasteiger partial charge in [-0.15, -0.1) is 0 Å².